The number of sulfone groups is 1. The third-order valence-corrected chi connectivity index (χ3v) is 7.94. The van der Waals surface area contributed by atoms with Crippen LogP contribution in [0.25, 0.3) is 11.3 Å². The molecule has 0 saturated heterocycles. The third-order valence-electron chi connectivity index (χ3n) is 5.77. The summed E-state index contributed by atoms with van der Waals surface area (Å²) in [5, 5.41) is 7.05. The van der Waals surface area contributed by atoms with E-state index in [0.29, 0.717) is 23.0 Å². The van der Waals surface area contributed by atoms with Crippen LogP contribution in [0, 0.1) is 13.8 Å². The highest BCUT2D eigenvalue weighted by molar-refractivity contribution is 7.92. The number of aromatic nitrogens is 2. The number of hydrogen-bond acceptors (Lipinski definition) is 8. The van der Waals surface area contributed by atoms with Crippen molar-refractivity contribution in [2.24, 2.45) is 5.10 Å². The van der Waals surface area contributed by atoms with Gasteiger partial charge in [-0.25, -0.2) is 13.4 Å². The molecule has 1 atom stereocenters. The first-order valence-electron chi connectivity index (χ1n) is 11.1. The van der Waals surface area contributed by atoms with Gasteiger partial charge in [-0.2, -0.15) is 0 Å². The van der Waals surface area contributed by atoms with Gasteiger partial charge in [0.1, 0.15) is 5.69 Å². The van der Waals surface area contributed by atoms with Gasteiger partial charge in [-0.15, -0.1) is 5.10 Å². The molecular formula is C25H29N5O3S. The molecule has 8 nitrogen and oxygen atoms in total. The van der Waals surface area contributed by atoms with Crippen LogP contribution in [-0.4, -0.2) is 36.6 Å². The number of aryl methyl sites for hydroxylation is 2. The smallest absolute Gasteiger partial charge is 0.261 e. The van der Waals surface area contributed by atoms with Gasteiger partial charge in [0.15, 0.2) is 9.84 Å². The zero-order valence-electron chi connectivity index (χ0n) is 20.0. The molecule has 3 aromatic rings. The number of ether oxygens (including phenoxy) is 1. The highest BCUT2D eigenvalue weighted by atomic mass is 32.2. The molecule has 0 bridgehead atoms. The van der Waals surface area contributed by atoms with E-state index in [1.54, 1.807) is 44.3 Å². The molecule has 1 aliphatic heterocycles. The maximum atomic E-state index is 12.4. The lowest BCUT2D eigenvalue weighted by atomic mass is 10.0. The Morgan fingerprint density at radius 1 is 1.12 bits per heavy atom. The van der Waals surface area contributed by atoms with Crippen molar-refractivity contribution in [1.29, 1.82) is 0 Å². The average Bonchev–Trinajstić information content (AvgIpc) is 3.29. The van der Waals surface area contributed by atoms with Crippen molar-refractivity contribution < 1.29 is 13.2 Å². The maximum Gasteiger partial charge on any atom is 0.261 e. The maximum absolute atomic E-state index is 12.4. The van der Waals surface area contributed by atoms with Crippen LogP contribution in [0.4, 0.5) is 0 Å². The lowest BCUT2D eigenvalue weighted by Crippen LogP contribution is -2.15. The zero-order valence-corrected chi connectivity index (χ0v) is 20.8. The van der Waals surface area contributed by atoms with Crippen LogP contribution < -0.4 is 10.7 Å². The molecule has 2 N–H and O–H groups in total. The molecule has 178 valence electrons. The molecule has 1 aromatic heterocycles. The minimum Gasteiger partial charge on any atom is -0.445 e. The van der Waals surface area contributed by atoms with E-state index in [1.165, 1.54) is 5.56 Å². The fraction of sp³-hybridized carbons (Fsp3) is 0.320. The fourth-order valence-electron chi connectivity index (χ4n) is 3.75. The summed E-state index contributed by atoms with van der Waals surface area (Å²) in [6, 6.07) is 12.9. The van der Waals surface area contributed by atoms with E-state index in [1.807, 2.05) is 27.0 Å². The molecule has 0 aliphatic carbocycles. The monoisotopic (exact) mass is 479 g/mol. The van der Waals surface area contributed by atoms with Crippen LogP contribution in [0.5, 0.6) is 0 Å². The van der Waals surface area contributed by atoms with Crippen molar-refractivity contribution in [3.8, 4) is 11.3 Å². The Hall–Kier alpha value is -3.30. The van der Waals surface area contributed by atoms with Crippen LogP contribution in [0.15, 0.2) is 58.7 Å². The second kappa shape index (κ2) is 9.52. The van der Waals surface area contributed by atoms with Gasteiger partial charge >= 0.3 is 0 Å². The molecule has 0 radical (unpaired) electrons. The standard InChI is InChI=1S/C25H29N5O3S/c1-15(2)34(31,32)20-9-7-19(8-10-20)22-14-27-17(4)23(28-22)25-30-29-24(33-25)21-11-6-18(13-26-5)12-16(21)3/h6-12,14-15,24,26,29H,13H2,1-5H3. The molecule has 2 heterocycles. The van der Waals surface area contributed by atoms with Gasteiger partial charge in [-0.3, -0.25) is 10.4 Å². The van der Waals surface area contributed by atoms with E-state index in [0.717, 1.165) is 23.2 Å². The van der Waals surface area contributed by atoms with Crippen molar-refractivity contribution in [2.75, 3.05) is 7.05 Å². The summed E-state index contributed by atoms with van der Waals surface area (Å²) >= 11 is 0. The SMILES string of the molecule is CNCc1ccc(C2NN=C(c3nc(-c4ccc(S(=O)(=O)C(C)C)cc4)cnc3C)O2)c(C)c1. The van der Waals surface area contributed by atoms with Gasteiger partial charge in [0.05, 0.1) is 27.7 Å². The molecule has 9 heteroatoms. The summed E-state index contributed by atoms with van der Waals surface area (Å²) in [7, 11) is -1.41. The number of nitrogens with one attached hydrogen (secondary N) is 2. The molecule has 1 aliphatic rings. The van der Waals surface area contributed by atoms with Gasteiger partial charge in [0.25, 0.3) is 5.90 Å². The molecule has 34 heavy (non-hydrogen) atoms. The number of nitrogens with zero attached hydrogens (tertiary/aromatic N) is 3. The van der Waals surface area contributed by atoms with Crippen molar-refractivity contribution >= 4 is 15.7 Å². The molecular weight excluding hydrogens is 450 g/mol. The van der Waals surface area contributed by atoms with Gasteiger partial charge < -0.3 is 10.1 Å². The van der Waals surface area contributed by atoms with E-state index in [9.17, 15) is 8.42 Å². The first kappa shape index (κ1) is 23.8. The topological polar surface area (TPSA) is 106 Å². The molecule has 0 amide bonds. The van der Waals surface area contributed by atoms with Crippen molar-refractivity contribution in [2.45, 2.75) is 50.6 Å². The predicted octanol–water partition coefficient (Wildman–Crippen LogP) is 3.64. The van der Waals surface area contributed by atoms with Gasteiger partial charge in [0, 0.05) is 17.7 Å². The van der Waals surface area contributed by atoms with E-state index < -0.39 is 21.3 Å². The highest BCUT2D eigenvalue weighted by Gasteiger charge is 2.26. The molecule has 4 rings (SSSR count). The third kappa shape index (κ3) is 4.67. The van der Waals surface area contributed by atoms with Crippen LogP contribution in [0.3, 0.4) is 0 Å². The second-order valence-electron chi connectivity index (χ2n) is 8.57. The van der Waals surface area contributed by atoms with E-state index in [2.05, 4.69) is 33.0 Å². The Morgan fingerprint density at radius 3 is 2.50 bits per heavy atom. The quantitative estimate of drug-likeness (QED) is 0.533. The normalized spacial score (nSPS) is 15.7. The van der Waals surface area contributed by atoms with Crippen LogP contribution in [0.1, 0.15) is 48.2 Å². The summed E-state index contributed by atoms with van der Waals surface area (Å²) < 4.78 is 30.9. The lowest BCUT2D eigenvalue weighted by Gasteiger charge is -2.15. The fourth-order valence-corrected chi connectivity index (χ4v) is 4.81. The summed E-state index contributed by atoms with van der Waals surface area (Å²) in [5.41, 5.74) is 8.95. The molecule has 0 saturated carbocycles. The molecule has 2 aromatic carbocycles. The summed E-state index contributed by atoms with van der Waals surface area (Å²) in [4.78, 5) is 9.49. The van der Waals surface area contributed by atoms with Crippen LogP contribution in [0.2, 0.25) is 0 Å². The minimum absolute atomic E-state index is 0.290. The predicted molar refractivity (Wildman–Crippen MR) is 132 cm³/mol. The number of rotatable bonds is 7. The average molecular weight is 480 g/mol. The van der Waals surface area contributed by atoms with Crippen molar-refractivity contribution in [1.82, 2.24) is 20.7 Å². The van der Waals surface area contributed by atoms with E-state index in [-0.39, 0.29) is 4.90 Å². The van der Waals surface area contributed by atoms with E-state index in [4.69, 9.17) is 9.72 Å². The largest absolute Gasteiger partial charge is 0.445 e. The second-order valence-corrected chi connectivity index (χ2v) is 11.1. The van der Waals surface area contributed by atoms with Crippen molar-refractivity contribution in [3.63, 3.8) is 0 Å². The van der Waals surface area contributed by atoms with Crippen LogP contribution >= 0.6 is 0 Å². The summed E-state index contributed by atoms with van der Waals surface area (Å²) in [5.74, 6) is 0.370. The first-order chi connectivity index (χ1) is 16.2. The highest BCUT2D eigenvalue weighted by Crippen LogP contribution is 2.27. The Balaban J connectivity index is 1.57. The summed E-state index contributed by atoms with van der Waals surface area (Å²) in [6.45, 7) is 8.03. The van der Waals surface area contributed by atoms with Gasteiger partial charge in [0.2, 0.25) is 6.23 Å². The Kier molecular flexibility index (Phi) is 6.67. The lowest BCUT2D eigenvalue weighted by molar-refractivity contribution is 0.190. The van der Waals surface area contributed by atoms with E-state index >= 15 is 0 Å². The number of benzene rings is 2. The van der Waals surface area contributed by atoms with Gasteiger partial charge in [-0.1, -0.05) is 30.3 Å². The van der Waals surface area contributed by atoms with Crippen molar-refractivity contribution in [3.05, 3.63) is 76.7 Å². The Labute approximate surface area is 200 Å². The molecule has 0 spiro atoms. The zero-order chi connectivity index (χ0) is 24.5. The minimum atomic E-state index is -3.33. The Morgan fingerprint density at radius 2 is 1.85 bits per heavy atom. The molecule has 0 fully saturated rings. The summed E-state index contributed by atoms with van der Waals surface area (Å²) in [6.07, 6.45) is 1.25. The van der Waals surface area contributed by atoms with Gasteiger partial charge in [-0.05, 0) is 58.0 Å². The number of hydrogen-bond donors (Lipinski definition) is 2. The first-order valence-corrected chi connectivity index (χ1v) is 12.7. The van der Waals surface area contributed by atoms with Crippen LogP contribution in [-0.2, 0) is 21.1 Å². The Bertz CT molecular complexity index is 1340. The molecule has 1 unspecified atom stereocenters. The number of hydrazone groups is 1.